The highest BCUT2D eigenvalue weighted by Crippen LogP contribution is 2.23. The Hall–Kier alpha value is -2.39. The van der Waals surface area contributed by atoms with Crippen LogP contribution in [0.1, 0.15) is 15.9 Å². The van der Waals surface area contributed by atoms with Crippen molar-refractivity contribution in [2.24, 2.45) is 0 Å². The van der Waals surface area contributed by atoms with Crippen molar-refractivity contribution in [2.45, 2.75) is 11.8 Å². The number of anilines is 2. The maximum atomic E-state index is 12.8. The first-order valence-corrected chi connectivity index (χ1v) is 11.0. The summed E-state index contributed by atoms with van der Waals surface area (Å²) in [6.07, 6.45) is 0. The number of benzene rings is 3. The van der Waals surface area contributed by atoms with Crippen LogP contribution in [0.2, 0.25) is 0 Å². The van der Waals surface area contributed by atoms with Crippen molar-refractivity contribution in [3.63, 3.8) is 0 Å². The Balaban J connectivity index is 1.77. The molecule has 0 radical (unpaired) electrons. The highest BCUT2D eigenvalue weighted by Gasteiger charge is 2.21. The predicted molar refractivity (Wildman–Crippen MR) is 120 cm³/mol. The third kappa shape index (κ3) is 4.36. The first-order valence-electron chi connectivity index (χ1n) is 8.50. The van der Waals surface area contributed by atoms with E-state index in [9.17, 15) is 13.2 Å². The Morgan fingerprint density at radius 1 is 0.964 bits per heavy atom. The van der Waals surface area contributed by atoms with Crippen LogP contribution in [-0.4, -0.2) is 21.4 Å². The monoisotopic (exact) mass is 506 g/mol. The van der Waals surface area contributed by atoms with Gasteiger partial charge in [0.15, 0.2) is 0 Å². The van der Waals surface area contributed by atoms with E-state index in [2.05, 4.69) is 27.9 Å². The summed E-state index contributed by atoms with van der Waals surface area (Å²) in [7, 11) is -2.17. The molecule has 0 aliphatic heterocycles. The third-order valence-corrected chi connectivity index (χ3v) is 7.29. The minimum Gasteiger partial charge on any atom is -0.322 e. The summed E-state index contributed by atoms with van der Waals surface area (Å²) in [5.74, 6) is -0.241. The van der Waals surface area contributed by atoms with E-state index in [-0.39, 0.29) is 10.8 Å². The Morgan fingerprint density at radius 2 is 1.61 bits per heavy atom. The van der Waals surface area contributed by atoms with Gasteiger partial charge in [0.1, 0.15) is 0 Å². The van der Waals surface area contributed by atoms with Gasteiger partial charge in [0.2, 0.25) is 0 Å². The zero-order valence-corrected chi connectivity index (χ0v) is 18.4. The molecule has 0 saturated carbocycles. The molecule has 0 fully saturated rings. The van der Waals surface area contributed by atoms with Crippen molar-refractivity contribution >= 4 is 49.9 Å². The minimum absolute atomic E-state index is 0.154. The SMILES string of the molecule is Cc1ccc(C(=O)Nc2ccc(S(=O)(=O)N(C)c3ccccc3)cc2)cc1I. The molecule has 0 heterocycles. The molecule has 0 aliphatic carbocycles. The van der Waals surface area contributed by atoms with Gasteiger partial charge in [-0.15, -0.1) is 0 Å². The maximum Gasteiger partial charge on any atom is 0.264 e. The van der Waals surface area contributed by atoms with Crippen LogP contribution in [0.5, 0.6) is 0 Å². The second kappa shape index (κ2) is 8.32. The summed E-state index contributed by atoms with van der Waals surface area (Å²) in [5.41, 5.74) is 2.76. The van der Waals surface area contributed by atoms with Gasteiger partial charge in [0, 0.05) is 21.9 Å². The van der Waals surface area contributed by atoms with E-state index < -0.39 is 10.0 Å². The van der Waals surface area contributed by atoms with Gasteiger partial charge in [-0.2, -0.15) is 0 Å². The number of carbonyl (C=O) groups is 1. The fraction of sp³-hybridized carbons (Fsp3) is 0.0952. The molecule has 0 aromatic heterocycles. The van der Waals surface area contributed by atoms with Crippen molar-refractivity contribution in [1.29, 1.82) is 0 Å². The highest BCUT2D eigenvalue weighted by atomic mass is 127. The fourth-order valence-electron chi connectivity index (χ4n) is 2.58. The Bertz CT molecular complexity index is 1100. The molecule has 28 heavy (non-hydrogen) atoms. The average molecular weight is 506 g/mol. The molecule has 1 N–H and O–H groups in total. The molecular formula is C21H19IN2O3S. The normalized spacial score (nSPS) is 11.1. The lowest BCUT2D eigenvalue weighted by Crippen LogP contribution is -2.26. The number of rotatable bonds is 5. The van der Waals surface area contributed by atoms with E-state index in [4.69, 9.17) is 0 Å². The van der Waals surface area contributed by atoms with Crippen molar-refractivity contribution in [2.75, 3.05) is 16.7 Å². The van der Waals surface area contributed by atoms with E-state index in [1.54, 1.807) is 42.5 Å². The van der Waals surface area contributed by atoms with Crippen LogP contribution < -0.4 is 9.62 Å². The molecule has 3 aromatic rings. The van der Waals surface area contributed by atoms with Gasteiger partial charge in [-0.3, -0.25) is 9.10 Å². The van der Waals surface area contributed by atoms with Crippen LogP contribution in [0.4, 0.5) is 11.4 Å². The standard InChI is InChI=1S/C21H19IN2O3S/c1-15-8-9-16(14-20(15)22)21(25)23-17-10-12-19(13-11-17)28(26,27)24(2)18-6-4-3-5-7-18/h3-14H,1-2H3,(H,23,25). The van der Waals surface area contributed by atoms with Gasteiger partial charge in [-0.1, -0.05) is 24.3 Å². The number of carbonyl (C=O) groups excluding carboxylic acids is 1. The minimum atomic E-state index is -3.68. The van der Waals surface area contributed by atoms with E-state index >= 15 is 0 Å². The van der Waals surface area contributed by atoms with Gasteiger partial charge < -0.3 is 5.32 Å². The summed E-state index contributed by atoms with van der Waals surface area (Å²) in [5, 5.41) is 2.79. The summed E-state index contributed by atoms with van der Waals surface area (Å²) in [6.45, 7) is 1.98. The summed E-state index contributed by atoms with van der Waals surface area (Å²) in [4.78, 5) is 12.6. The first kappa shape index (κ1) is 20.3. The van der Waals surface area contributed by atoms with Crippen LogP contribution in [-0.2, 0) is 10.0 Å². The van der Waals surface area contributed by atoms with Crippen LogP contribution >= 0.6 is 22.6 Å². The molecule has 5 nitrogen and oxygen atoms in total. The van der Waals surface area contributed by atoms with E-state index in [1.165, 1.54) is 23.5 Å². The zero-order chi connectivity index (χ0) is 20.3. The number of amides is 1. The predicted octanol–water partition coefficient (Wildman–Crippen LogP) is 4.68. The largest absolute Gasteiger partial charge is 0.322 e. The average Bonchev–Trinajstić information content (AvgIpc) is 2.70. The maximum absolute atomic E-state index is 12.8. The van der Waals surface area contributed by atoms with E-state index in [1.807, 2.05) is 25.1 Å². The molecule has 0 unspecified atom stereocenters. The van der Waals surface area contributed by atoms with Crippen molar-refractivity contribution in [1.82, 2.24) is 0 Å². The molecular weight excluding hydrogens is 487 g/mol. The number of hydrogen-bond donors (Lipinski definition) is 1. The Kier molecular flexibility index (Phi) is 6.04. The molecule has 0 spiro atoms. The smallest absolute Gasteiger partial charge is 0.264 e. The Labute approximate surface area is 178 Å². The molecule has 7 heteroatoms. The van der Waals surface area contributed by atoms with Crippen LogP contribution in [0.3, 0.4) is 0 Å². The summed E-state index contributed by atoms with van der Waals surface area (Å²) in [6, 6.07) is 20.5. The van der Waals surface area contributed by atoms with Gasteiger partial charge in [0.05, 0.1) is 10.6 Å². The summed E-state index contributed by atoms with van der Waals surface area (Å²) < 4.78 is 27.8. The molecule has 0 bridgehead atoms. The van der Waals surface area contributed by atoms with Gasteiger partial charge in [-0.05, 0) is 83.6 Å². The summed E-state index contributed by atoms with van der Waals surface area (Å²) >= 11 is 2.19. The lowest BCUT2D eigenvalue weighted by atomic mass is 10.1. The third-order valence-electron chi connectivity index (χ3n) is 4.32. The molecule has 1 amide bonds. The first-order chi connectivity index (χ1) is 13.3. The lowest BCUT2D eigenvalue weighted by Gasteiger charge is -2.19. The fourth-order valence-corrected chi connectivity index (χ4v) is 4.29. The highest BCUT2D eigenvalue weighted by molar-refractivity contribution is 14.1. The number of para-hydroxylation sites is 1. The quantitative estimate of drug-likeness (QED) is 0.512. The second-order valence-electron chi connectivity index (χ2n) is 6.25. The molecule has 0 saturated heterocycles. The number of aryl methyl sites for hydroxylation is 1. The number of nitrogens with one attached hydrogen (secondary N) is 1. The molecule has 144 valence electrons. The van der Waals surface area contributed by atoms with Crippen molar-refractivity contribution in [3.05, 3.63) is 87.5 Å². The zero-order valence-electron chi connectivity index (χ0n) is 15.4. The molecule has 0 atom stereocenters. The lowest BCUT2D eigenvalue weighted by molar-refractivity contribution is 0.102. The molecule has 3 aromatic carbocycles. The van der Waals surface area contributed by atoms with Crippen molar-refractivity contribution in [3.8, 4) is 0 Å². The van der Waals surface area contributed by atoms with Gasteiger partial charge in [-0.25, -0.2) is 8.42 Å². The van der Waals surface area contributed by atoms with Crippen molar-refractivity contribution < 1.29 is 13.2 Å². The van der Waals surface area contributed by atoms with Gasteiger partial charge in [0.25, 0.3) is 15.9 Å². The second-order valence-corrected chi connectivity index (χ2v) is 9.38. The molecule has 0 aliphatic rings. The number of halogens is 1. The topological polar surface area (TPSA) is 66.5 Å². The Morgan fingerprint density at radius 3 is 2.21 bits per heavy atom. The molecule has 3 rings (SSSR count). The van der Waals surface area contributed by atoms with E-state index in [0.717, 1.165) is 9.13 Å². The van der Waals surface area contributed by atoms with Crippen LogP contribution in [0.25, 0.3) is 0 Å². The number of sulfonamides is 1. The number of hydrogen-bond acceptors (Lipinski definition) is 3. The number of nitrogens with zero attached hydrogens (tertiary/aromatic N) is 1. The van der Waals surface area contributed by atoms with Crippen LogP contribution in [0, 0.1) is 10.5 Å². The van der Waals surface area contributed by atoms with E-state index in [0.29, 0.717) is 16.9 Å². The van der Waals surface area contributed by atoms with Crippen LogP contribution in [0.15, 0.2) is 77.7 Å². The van der Waals surface area contributed by atoms with Gasteiger partial charge >= 0.3 is 0 Å².